The van der Waals surface area contributed by atoms with Crippen molar-refractivity contribution in [1.82, 2.24) is 5.43 Å². The van der Waals surface area contributed by atoms with E-state index in [0.717, 1.165) is 4.31 Å². The molecule has 0 saturated heterocycles. The third-order valence-electron chi connectivity index (χ3n) is 4.78. The topological polar surface area (TPSA) is 140 Å². The SMILES string of the molecule is COc1ccc(N(CC(=O)N/N=C\c2ccc([N+](=O)[O-])cc2)S(=O)(=O)c2ccccc2)c(OC)c1. The molecule has 0 aliphatic heterocycles. The zero-order valence-electron chi connectivity index (χ0n) is 18.8. The maximum Gasteiger partial charge on any atom is 0.269 e. The van der Waals surface area contributed by atoms with Crippen molar-refractivity contribution in [3.8, 4) is 11.5 Å². The number of nitrogens with zero attached hydrogens (tertiary/aromatic N) is 3. The fourth-order valence-corrected chi connectivity index (χ4v) is 4.49. The molecule has 1 N–H and O–H groups in total. The first kappa shape index (κ1) is 25.2. The highest BCUT2D eigenvalue weighted by molar-refractivity contribution is 7.92. The van der Waals surface area contributed by atoms with Gasteiger partial charge < -0.3 is 9.47 Å². The number of carbonyl (C=O) groups is 1. The van der Waals surface area contributed by atoms with Crippen LogP contribution in [0.15, 0.2) is 82.8 Å². The van der Waals surface area contributed by atoms with Gasteiger partial charge in [-0.15, -0.1) is 0 Å². The Hall–Kier alpha value is -4.45. The van der Waals surface area contributed by atoms with Crippen molar-refractivity contribution in [2.24, 2.45) is 5.10 Å². The number of nitrogens with one attached hydrogen (secondary N) is 1. The van der Waals surface area contributed by atoms with E-state index >= 15 is 0 Å². The smallest absolute Gasteiger partial charge is 0.269 e. The lowest BCUT2D eigenvalue weighted by Gasteiger charge is -2.25. The number of hydrazone groups is 1. The van der Waals surface area contributed by atoms with Gasteiger partial charge in [-0.05, 0) is 42.0 Å². The summed E-state index contributed by atoms with van der Waals surface area (Å²) in [5.74, 6) is -0.0913. The zero-order chi connectivity index (χ0) is 25.4. The van der Waals surface area contributed by atoms with E-state index in [0.29, 0.717) is 11.3 Å². The predicted molar refractivity (Wildman–Crippen MR) is 129 cm³/mol. The predicted octanol–water partition coefficient (Wildman–Crippen LogP) is 2.96. The van der Waals surface area contributed by atoms with E-state index in [1.54, 1.807) is 24.3 Å². The first-order chi connectivity index (χ1) is 16.8. The van der Waals surface area contributed by atoms with Crippen molar-refractivity contribution in [3.05, 3.63) is 88.5 Å². The molecule has 0 aliphatic rings. The molecule has 1 amide bonds. The summed E-state index contributed by atoms with van der Waals surface area (Å²) < 4.78 is 38.3. The Bertz CT molecular complexity index is 1330. The van der Waals surface area contributed by atoms with Crippen LogP contribution in [0.2, 0.25) is 0 Å². The number of nitro groups is 1. The van der Waals surface area contributed by atoms with Gasteiger partial charge in [0.2, 0.25) is 0 Å². The first-order valence-electron chi connectivity index (χ1n) is 10.1. The number of nitro benzene ring substituents is 1. The molecule has 35 heavy (non-hydrogen) atoms. The van der Waals surface area contributed by atoms with Gasteiger partial charge in [0, 0.05) is 18.2 Å². The minimum absolute atomic E-state index is 0.0138. The Morgan fingerprint density at radius 1 is 1.06 bits per heavy atom. The number of non-ortho nitro benzene ring substituents is 1. The molecule has 11 nitrogen and oxygen atoms in total. The van der Waals surface area contributed by atoms with E-state index < -0.39 is 27.4 Å². The Morgan fingerprint density at radius 3 is 2.34 bits per heavy atom. The van der Waals surface area contributed by atoms with Gasteiger partial charge in [-0.2, -0.15) is 5.10 Å². The molecule has 182 valence electrons. The minimum Gasteiger partial charge on any atom is -0.497 e. The number of anilines is 1. The van der Waals surface area contributed by atoms with Gasteiger partial charge in [0.15, 0.2) is 0 Å². The quantitative estimate of drug-likeness (QED) is 0.257. The molecule has 12 heteroatoms. The summed E-state index contributed by atoms with van der Waals surface area (Å²) in [4.78, 5) is 22.9. The van der Waals surface area contributed by atoms with Gasteiger partial charge in [-0.1, -0.05) is 18.2 Å². The highest BCUT2D eigenvalue weighted by Crippen LogP contribution is 2.35. The fraction of sp³-hybridized carbons (Fsp3) is 0.130. The van der Waals surface area contributed by atoms with Crippen LogP contribution in [0.5, 0.6) is 11.5 Å². The van der Waals surface area contributed by atoms with Crippen molar-refractivity contribution < 1.29 is 27.6 Å². The molecular formula is C23H22N4O7S. The van der Waals surface area contributed by atoms with Crippen molar-refractivity contribution in [2.75, 3.05) is 25.1 Å². The monoisotopic (exact) mass is 498 g/mol. The van der Waals surface area contributed by atoms with Crippen LogP contribution in [0.3, 0.4) is 0 Å². The van der Waals surface area contributed by atoms with Crippen LogP contribution >= 0.6 is 0 Å². The number of carbonyl (C=O) groups excluding carboxylic acids is 1. The van der Waals surface area contributed by atoms with Gasteiger partial charge in [0.25, 0.3) is 21.6 Å². The maximum atomic E-state index is 13.4. The fourth-order valence-electron chi connectivity index (χ4n) is 3.04. The van der Waals surface area contributed by atoms with Crippen molar-refractivity contribution in [2.45, 2.75) is 4.90 Å². The van der Waals surface area contributed by atoms with Crippen LogP contribution in [0.4, 0.5) is 11.4 Å². The Kier molecular flexibility index (Phi) is 8.00. The van der Waals surface area contributed by atoms with E-state index in [1.807, 2.05) is 0 Å². The summed E-state index contributed by atoms with van der Waals surface area (Å²) in [7, 11) is -1.32. The Balaban J connectivity index is 1.87. The lowest BCUT2D eigenvalue weighted by atomic mass is 10.2. The van der Waals surface area contributed by atoms with Crippen molar-refractivity contribution >= 4 is 33.5 Å². The first-order valence-corrected chi connectivity index (χ1v) is 11.6. The van der Waals surface area contributed by atoms with Gasteiger partial charge in [0.05, 0.1) is 35.9 Å². The number of amides is 1. The summed E-state index contributed by atoms with van der Waals surface area (Å²) >= 11 is 0. The third-order valence-corrected chi connectivity index (χ3v) is 6.55. The second kappa shape index (κ2) is 11.1. The van der Waals surface area contributed by atoms with Crippen molar-refractivity contribution in [1.29, 1.82) is 0 Å². The molecule has 0 spiro atoms. The molecule has 3 aromatic rings. The van der Waals surface area contributed by atoms with Crippen LogP contribution in [0, 0.1) is 10.1 Å². The summed E-state index contributed by atoms with van der Waals surface area (Å²) in [5, 5.41) is 14.6. The van der Waals surface area contributed by atoms with Crippen LogP contribution < -0.4 is 19.2 Å². The molecular weight excluding hydrogens is 476 g/mol. The van der Waals surface area contributed by atoms with Crippen LogP contribution in [-0.2, 0) is 14.8 Å². The number of benzene rings is 3. The second-order valence-corrected chi connectivity index (χ2v) is 8.87. The van der Waals surface area contributed by atoms with Gasteiger partial charge in [-0.3, -0.25) is 19.2 Å². The summed E-state index contributed by atoms with van der Waals surface area (Å²) in [6.45, 7) is -0.600. The molecule has 0 radical (unpaired) electrons. The number of ether oxygens (including phenoxy) is 2. The maximum absolute atomic E-state index is 13.4. The molecule has 0 unspecified atom stereocenters. The lowest BCUT2D eigenvalue weighted by molar-refractivity contribution is -0.384. The van der Waals surface area contributed by atoms with Gasteiger partial charge >= 0.3 is 0 Å². The molecule has 3 rings (SSSR count). The number of hydrogen-bond acceptors (Lipinski definition) is 8. The minimum atomic E-state index is -4.16. The number of rotatable bonds is 10. The molecule has 0 bridgehead atoms. The Labute approximate surface area is 201 Å². The molecule has 0 aromatic heterocycles. The lowest BCUT2D eigenvalue weighted by Crippen LogP contribution is -2.39. The van der Waals surface area contributed by atoms with E-state index in [-0.39, 0.29) is 22.0 Å². The average Bonchev–Trinajstić information content (AvgIpc) is 2.87. The molecule has 0 aliphatic carbocycles. The molecule has 0 saturated carbocycles. The van der Waals surface area contributed by atoms with E-state index in [9.17, 15) is 23.3 Å². The van der Waals surface area contributed by atoms with E-state index in [4.69, 9.17) is 9.47 Å². The van der Waals surface area contributed by atoms with E-state index in [2.05, 4.69) is 10.5 Å². The number of methoxy groups -OCH3 is 2. The van der Waals surface area contributed by atoms with Crippen molar-refractivity contribution in [3.63, 3.8) is 0 Å². The molecule has 0 heterocycles. The molecule has 0 atom stereocenters. The van der Waals surface area contributed by atoms with Crippen LogP contribution in [0.25, 0.3) is 0 Å². The van der Waals surface area contributed by atoms with Gasteiger partial charge in [-0.25, -0.2) is 13.8 Å². The van der Waals surface area contributed by atoms with Gasteiger partial charge in [0.1, 0.15) is 18.0 Å². The third kappa shape index (κ3) is 6.12. The van der Waals surface area contributed by atoms with Crippen LogP contribution in [-0.4, -0.2) is 46.2 Å². The molecule has 3 aromatic carbocycles. The number of hydrogen-bond donors (Lipinski definition) is 1. The summed E-state index contributed by atoms with van der Waals surface area (Å²) in [6, 6.07) is 17.7. The summed E-state index contributed by atoms with van der Waals surface area (Å²) in [5.41, 5.74) is 2.83. The van der Waals surface area contributed by atoms with E-state index in [1.165, 1.54) is 69.0 Å². The average molecular weight is 499 g/mol. The summed E-state index contributed by atoms with van der Waals surface area (Å²) in [6.07, 6.45) is 1.28. The standard InChI is InChI=1S/C23H22N4O7S/c1-33-19-12-13-21(22(14-19)34-2)26(35(31,32)20-6-4-3-5-7-20)16-23(28)25-24-15-17-8-10-18(11-9-17)27(29)30/h3-15H,16H2,1-2H3,(H,25,28)/b24-15-. The zero-order valence-corrected chi connectivity index (χ0v) is 19.6. The highest BCUT2D eigenvalue weighted by Gasteiger charge is 2.29. The highest BCUT2D eigenvalue weighted by atomic mass is 32.2. The second-order valence-electron chi connectivity index (χ2n) is 7.00. The molecule has 0 fully saturated rings. The van der Waals surface area contributed by atoms with Crippen LogP contribution in [0.1, 0.15) is 5.56 Å². The Morgan fingerprint density at radius 2 is 1.74 bits per heavy atom. The normalized spacial score (nSPS) is 11.1. The largest absolute Gasteiger partial charge is 0.497 e. The number of sulfonamides is 1.